The Morgan fingerprint density at radius 3 is 3.12 bits per heavy atom. The van der Waals surface area contributed by atoms with E-state index in [-0.39, 0.29) is 30.5 Å². The van der Waals surface area contributed by atoms with Crippen molar-refractivity contribution >= 4 is 5.91 Å². The van der Waals surface area contributed by atoms with E-state index in [4.69, 9.17) is 5.73 Å². The third-order valence-corrected chi connectivity index (χ3v) is 5.82. The van der Waals surface area contributed by atoms with Gasteiger partial charge in [-0.3, -0.25) is 15.1 Å². The van der Waals surface area contributed by atoms with Crippen LogP contribution in [0.3, 0.4) is 0 Å². The van der Waals surface area contributed by atoms with Gasteiger partial charge in [-0.2, -0.15) is 0 Å². The van der Waals surface area contributed by atoms with Crippen molar-refractivity contribution in [1.29, 1.82) is 0 Å². The zero-order valence-corrected chi connectivity index (χ0v) is 13.8. The van der Waals surface area contributed by atoms with Gasteiger partial charge >= 0.3 is 0 Å². The Labute approximate surface area is 140 Å². The van der Waals surface area contributed by atoms with Gasteiger partial charge in [0.2, 0.25) is 5.91 Å². The van der Waals surface area contributed by atoms with Crippen LogP contribution < -0.4 is 27.1 Å². The van der Waals surface area contributed by atoms with Crippen molar-refractivity contribution in [3.05, 3.63) is 12.0 Å². The van der Waals surface area contributed by atoms with Gasteiger partial charge in [0.25, 0.3) is 0 Å². The van der Waals surface area contributed by atoms with Crippen molar-refractivity contribution in [2.75, 3.05) is 33.2 Å². The molecule has 8 nitrogen and oxygen atoms in total. The zero-order valence-electron chi connectivity index (χ0n) is 13.8. The molecule has 134 valence electrons. The van der Waals surface area contributed by atoms with E-state index >= 15 is 0 Å². The molecule has 0 saturated carbocycles. The van der Waals surface area contributed by atoms with Gasteiger partial charge in [-0.1, -0.05) is 0 Å². The van der Waals surface area contributed by atoms with Crippen molar-refractivity contribution in [2.45, 2.75) is 30.8 Å². The molecule has 6 atom stereocenters. The number of amides is 1. The predicted molar refractivity (Wildman–Crippen MR) is 86.7 cm³/mol. The van der Waals surface area contributed by atoms with E-state index in [9.17, 15) is 9.18 Å². The van der Waals surface area contributed by atoms with Crippen molar-refractivity contribution < 1.29 is 9.18 Å². The maximum absolute atomic E-state index is 13.4. The van der Waals surface area contributed by atoms with Crippen LogP contribution in [0, 0.1) is 11.8 Å². The number of fused-ring (bicyclic) bond motifs is 2. The fourth-order valence-corrected chi connectivity index (χ4v) is 4.54. The Balaban J connectivity index is 1.44. The van der Waals surface area contributed by atoms with E-state index in [1.807, 2.05) is 0 Å². The molecule has 9 heteroatoms. The van der Waals surface area contributed by atoms with E-state index in [2.05, 4.69) is 33.3 Å². The third kappa shape index (κ3) is 2.70. The first kappa shape index (κ1) is 16.2. The van der Waals surface area contributed by atoms with Gasteiger partial charge in [0, 0.05) is 25.2 Å². The number of hydrogen-bond acceptors (Lipinski definition) is 7. The van der Waals surface area contributed by atoms with Crippen LogP contribution in [0.4, 0.5) is 4.39 Å². The Morgan fingerprint density at radius 1 is 1.46 bits per heavy atom. The molecule has 24 heavy (non-hydrogen) atoms. The minimum absolute atomic E-state index is 0.0762. The van der Waals surface area contributed by atoms with Gasteiger partial charge < -0.3 is 21.3 Å². The highest BCUT2D eigenvalue weighted by atomic mass is 19.1. The van der Waals surface area contributed by atoms with Gasteiger partial charge in [-0.05, 0) is 25.9 Å². The molecule has 0 aromatic carbocycles. The molecule has 4 aliphatic rings. The molecule has 3 saturated heterocycles. The predicted octanol–water partition coefficient (Wildman–Crippen LogP) is -2.14. The van der Waals surface area contributed by atoms with E-state index in [0.29, 0.717) is 12.0 Å². The highest BCUT2D eigenvalue weighted by molar-refractivity contribution is 5.81. The van der Waals surface area contributed by atoms with Gasteiger partial charge in [0.1, 0.15) is 17.9 Å². The average Bonchev–Trinajstić information content (AvgIpc) is 3.07. The van der Waals surface area contributed by atoms with E-state index in [0.717, 1.165) is 26.1 Å². The summed E-state index contributed by atoms with van der Waals surface area (Å²) in [7, 11) is 2.14. The molecule has 0 bridgehead atoms. The highest BCUT2D eigenvalue weighted by Crippen LogP contribution is 2.29. The summed E-state index contributed by atoms with van der Waals surface area (Å²) in [4.78, 5) is 15.2. The molecular formula is C15H26FN7O. The van der Waals surface area contributed by atoms with Crippen LogP contribution in [0.25, 0.3) is 0 Å². The van der Waals surface area contributed by atoms with Gasteiger partial charge in [-0.15, -0.1) is 0 Å². The lowest BCUT2D eigenvalue weighted by Crippen LogP contribution is -2.60. The molecule has 4 aliphatic heterocycles. The van der Waals surface area contributed by atoms with E-state index < -0.39 is 12.1 Å². The molecular weight excluding hydrogens is 313 g/mol. The Bertz CT molecular complexity index is 544. The van der Waals surface area contributed by atoms with Crippen LogP contribution in [0.5, 0.6) is 0 Å². The number of hydrazine groups is 1. The number of rotatable bonds is 2. The molecule has 0 aliphatic carbocycles. The molecule has 0 aromatic heterocycles. The number of likely N-dealkylation sites (N-methyl/N-ethyl adjacent to an activating group) is 1. The Hall–Kier alpha value is -1.26. The average molecular weight is 339 g/mol. The van der Waals surface area contributed by atoms with Crippen LogP contribution in [-0.4, -0.2) is 73.5 Å². The lowest BCUT2D eigenvalue weighted by molar-refractivity contribution is -0.127. The SMILES string of the molecule is CN1CCC2C(NC(=O)C3C(N)NN4C=C(F)CNC34)CNCC21. The second-order valence-electron chi connectivity index (χ2n) is 7.26. The molecule has 4 heterocycles. The summed E-state index contributed by atoms with van der Waals surface area (Å²) in [5.41, 5.74) is 9.05. The molecule has 6 unspecified atom stereocenters. The summed E-state index contributed by atoms with van der Waals surface area (Å²) in [6, 6.07) is 0.582. The number of likely N-dealkylation sites (tertiary alicyclic amines) is 1. The smallest absolute Gasteiger partial charge is 0.229 e. The van der Waals surface area contributed by atoms with Crippen LogP contribution >= 0.6 is 0 Å². The number of nitrogens with zero attached hydrogens (tertiary/aromatic N) is 2. The highest BCUT2D eigenvalue weighted by Gasteiger charge is 2.47. The summed E-state index contributed by atoms with van der Waals surface area (Å²) in [6.45, 7) is 2.95. The van der Waals surface area contributed by atoms with E-state index in [1.165, 1.54) is 6.20 Å². The first-order chi connectivity index (χ1) is 11.5. The summed E-state index contributed by atoms with van der Waals surface area (Å²) in [5.74, 6) is -0.347. The largest absolute Gasteiger partial charge is 0.351 e. The van der Waals surface area contributed by atoms with Crippen LogP contribution in [0.2, 0.25) is 0 Å². The van der Waals surface area contributed by atoms with Crippen molar-refractivity contribution in [3.63, 3.8) is 0 Å². The minimum atomic E-state index is -0.539. The summed E-state index contributed by atoms with van der Waals surface area (Å²) < 4.78 is 13.4. The van der Waals surface area contributed by atoms with Crippen molar-refractivity contribution in [2.24, 2.45) is 17.6 Å². The molecule has 4 rings (SSSR count). The number of carbonyl (C=O) groups excluding carboxylic acids is 1. The quantitative estimate of drug-likeness (QED) is 0.392. The van der Waals surface area contributed by atoms with Gasteiger partial charge in [0.05, 0.1) is 18.9 Å². The number of piperidine rings is 1. The second-order valence-corrected chi connectivity index (χ2v) is 7.26. The summed E-state index contributed by atoms with van der Waals surface area (Å²) in [6.07, 6.45) is 1.62. The van der Waals surface area contributed by atoms with Crippen molar-refractivity contribution in [3.8, 4) is 0 Å². The fraction of sp³-hybridized carbons (Fsp3) is 0.800. The molecule has 6 N–H and O–H groups in total. The molecule has 1 amide bonds. The first-order valence-electron chi connectivity index (χ1n) is 8.65. The Kier molecular flexibility index (Phi) is 4.21. The Morgan fingerprint density at radius 2 is 2.29 bits per heavy atom. The third-order valence-electron chi connectivity index (χ3n) is 5.82. The maximum Gasteiger partial charge on any atom is 0.229 e. The number of carbonyl (C=O) groups is 1. The van der Waals surface area contributed by atoms with E-state index in [1.54, 1.807) is 5.01 Å². The number of halogens is 1. The van der Waals surface area contributed by atoms with Gasteiger partial charge in [-0.25, -0.2) is 9.82 Å². The number of nitrogens with one attached hydrogen (secondary N) is 4. The van der Waals surface area contributed by atoms with Gasteiger partial charge in [0.15, 0.2) is 0 Å². The van der Waals surface area contributed by atoms with Crippen LogP contribution in [-0.2, 0) is 4.79 Å². The fourth-order valence-electron chi connectivity index (χ4n) is 4.54. The van der Waals surface area contributed by atoms with Crippen LogP contribution in [0.1, 0.15) is 6.42 Å². The summed E-state index contributed by atoms with van der Waals surface area (Å²) in [5, 5.41) is 11.2. The monoisotopic (exact) mass is 339 g/mol. The topological polar surface area (TPSA) is 97.7 Å². The molecule has 0 aromatic rings. The molecule has 0 radical (unpaired) electrons. The maximum atomic E-state index is 13.4. The zero-order chi connectivity index (χ0) is 16.8. The number of nitrogens with two attached hydrogens (primary N) is 1. The lowest BCUT2D eigenvalue weighted by Gasteiger charge is -2.38. The minimum Gasteiger partial charge on any atom is -0.351 e. The lowest BCUT2D eigenvalue weighted by atomic mass is 9.88. The first-order valence-corrected chi connectivity index (χ1v) is 8.65. The molecule has 3 fully saturated rings. The number of hydrogen-bond donors (Lipinski definition) is 5. The van der Waals surface area contributed by atoms with Crippen LogP contribution in [0.15, 0.2) is 12.0 Å². The van der Waals surface area contributed by atoms with Crippen molar-refractivity contribution in [1.82, 2.24) is 31.3 Å². The summed E-state index contributed by atoms with van der Waals surface area (Å²) >= 11 is 0. The normalized spacial score (nSPS) is 42.5. The second kappa shape index (κ2) is 6.23. The standard InChI is InChI=1S/C15H26FN7O/c1-22-3-2-9-10(5-18-6-11(9)22)20-15(24)12-13(17)21-23-7-8(16)4-19-14(12)23/h7,9-14,18-19,21H,2-6,17H2,1H3,(H,20,24). The molecule has 0 spiro atoms.